The van der Waals surface area contributed by atoms with E-state index in [0.29, 0.717) is 18.7 Å². The van der Waals surface area contributed by atoms with Crippen LogP contribution in [0, 0.1) is 12.7 Å². The van der Waals surface area contributed by atoms with Crippen LogP contribution in [0.25, 0.3) is 10.9 Å². The molecule has 4 rings (SSSR count). The summed E-state index contributed by atoms with van der Waals surface area (Å²) in [5, 5.41) is 0.933. The van der Waals surface area contributed by atoms with Gasteiger partial charge in [0.25, 0.3) is 5.91 Å². The third-order valence-electron chi connectivity index (χ3n) is 4.52. The van der Waals surface area contributed by atoms with Gasteiger partial charge in [0.15, 0.2) is 0 Å². The van der Waals surface area contributed by atoms with Crippen LogP contribution in [0.4, 0.5) is 4.39 Å². The molecule has 0 bridgehead atoms. The number of amides is 1. The number of carbonyl (C=O) groups excluding carboxylic acids is 1. The molecule has 3 nitrogen and oxygen atoms in total. The fourth-order valence-electron chi connectivity index (χ4n) is 3.26. The molecule has 1 amide bonds. The van der Waals surface area contributed by atoms with Crippen LogP contribution < -0.4 is 0 Å². The minimum atomic E-state index is -0.225. The second-order valence-electron chi connectivity index (χ2n) is 6.11. The van der Waals surface area contributed by atoms with Crippen molar-refractivity contribution < 1.29 is 9.18 Å². The normalized spacial score (nSPS) is 14.1. The van der Waals surface area contributed by atoms with E-state index in [-0.39, 0.29) is 11.7 Å². The van der Waals surface area contributed by atoms with Crippen molar-refractivity contribution in [2.75, 3.05) is 6.54 Å². The topological polar surface area (TPSA) is 36.1 Å². The Labute approximate surface area is 133 Å². The van der Waals surface area contributed by atoms with Crippen LogP contribution in [0.2, 0.25) is 0 Å². The van der Waals surface area contributed by atoms with Gasteiger partial charge in [-0.15, -0.1) is 0 Å². The number of nitrogens with one attached hydrogen (secondary N) is 1. The summed E-state index contributed by atoms with van der Waals surface area (Å²) >= 11 is 0. The first kappa shape index (κ1) is 14.0. The maximum Gasteiger partial charge on any atom is 0.254 e. The molecular weight excluding hydrogens is 291 g/mol. The first-order valence-electron chi connectivity index (χ1n) is 7.77. The van der Waals surface area contributed by atoms with Gasteiger partial charge in [-0.3, -0.25) is 4.79 Å². The van der Waals surface area contributed by atoms with Crippen molar-refractivity contribution >= 4 is 16.8 Å². The Bertz CT molecular complexity index is 896. The molecule has 116 valence electrons. The molecule has 23 heavy (non-hydrogen) atoms. The van der Waals surface area contributed by atoms with Gasteiger partial charge in [-0.25, -0.2) is 4.39 Å². The maximum atomic E-state index is 13.5. The molecule has 1 aliphatic rings. The van der Waals surface area contributed by atoms with E-state index in [4.69, 9.17) is 0 Å². The second-order valence-corrected chi connectivity index (χ2v) is 6.11. The Morgan fingerprint density at radius 1 is 1.17 bits per heavy atom. The van der Waals surface area contributed by atoms with E-state index in [2.05, 4.69) is 4.98 Å². The summed E-state index contributed by atoms with van der Waals surface area (Å²) < 4.78 is 13.5. The molecule has 0 saturated carbocycles. The number of fused-ring (bicyclic) bond motifs is 3. The smallest absolute Gasteiger partial charge is 0.254 e. The maximum absolute atomic E-state index is 13.5. The summed E-state index contributed by atoms with van der Waals surface area (Å²) in [5.41, 5.74) is 4.92. The van der Waals surface area contributed by atoms with Crippen molar-refractivity contribution in [3.05, 3.63) is 70.7 Å². The van der Waals surface area contributed by atoms with Crippen LogP contribution in [0.5, 0.6) is 0 Å². The highest BCUT2D eigenvalue weighted by Gasteiger charge is 2.24. The Kier molecular flexibility index (Phi) is 3.18. The molecule has 4 heteroatoms. The number of hydrogen-bond donors (Lipinski definition) is 1. The lowest BCUT2D eigenvalue weighted by Gasteiger charge is -2.27. The number of benzene rings is 2. The van der Waals surface area contributed by atoms with Gasteiger partial charge in [-0.05, 0) is 49.2 Å². The number of rotatable bonds is 1. The Morgan fingerprint density at radius 2 is 1.96 bits per heavy atom. The van der Waals surface area contributed by atoms with Gasteiger partial charge in [-0.2, -0.15) is 0 Å². The van der Waals surface area contributed by atoms with Crippen molar-refractivity contribution in [1.29, 1.82) is 0 Å². The number of aromatic nitrogens is 1. The van der Waals surface area contributed by atoms with Gasteiger partial charge in [-0.1, -0.05) is 17.7 Å². The van der Waals surface area contributed by atoms with Gasteiger partial charge in [0.1, 0.15) is 5.82 Å². The third-order valence-corrected chi connectivity index (χ3v) is 4.52. The molecule has 0 fully saturated rings. The highest BCUT2D eigenvalue weighted by atomic mass is 19.1. The zero-order valence-corrected chi connectivity index (χ0v) is 12.9. The van der Waals surface area contributed by atoms with Crippen LogP contribution in [-0.4, -0.2) is 22.3 Å². The molecule has 0 atom stereocenters. The SMILES string of the molecule is Cc1ccc(C(=O)N2CCc3c([nH]c4ccc(F)cc34)C2)cc1. The van der Waals surface area contributed by atoms with Crippen molar-refractivity contribution in [3.63, 3.8) is 0 Å². The first-order valence-corrected chi connectivity index (χ1v) is 7.77. The van der Waals surface area contributed by atoms with Gasteiger partial charge in [0.05, 0.1) is 6.54 Å². The molecule has 1 aliphatic heterocycles. The zero-order chi connectivity index (χ0) is 16.0. The molecule has 2 heterocycles. The van der Waals surface area contributed by atoms with Gasteiger partial charge >= 0.3 is 0 Å². The lowest BCUT2D eigenvalue weighted by atomic mass is 10.0. The van der Waals surface area contributed by atoms with Crippen molar-refractivity contribution in [1.82, 2.24) is 9.88 Å². The minimum Gasteiger partial charge on any atom is -0.357 e. The highest BCUT2D eigenvalue weighted by molar-refractivity contribution is 5.95. The lowest BCUT2D eigenvalue weighted by molar-refractivity contribution is 0.0733. The number of H-pyrrole nitrogens is 1. The van der Waals surface area contributed by atoms with Gasteiger partial charge < -0.3 is 9.88 Å². The molecule has 1 aromatic heterocycles. The molecule has 2 aromatic carbocycles. The lowest BCUT2D eigenvalue weighted by Crippen LogP contribution is -2.35. The Hall–Kier alpha value is -2.62. The Morgan fingerprint density at radius 3 is 2.74 bits per heavy atom. The molecule has 0 unspecified atom stereocenters. The van der Waals surface area contributed by atoms with E-state index in [1.165, 1.54) is 6.07 Å². The van der Waals surface area contributed by atoms with Crippen molar-refractivity contribution in [2.24, 2.45) is 0 Å². The summed E-state index contributed by atoms with van der Waals surface area (Å²) in [4.78, 5) is 17.8. The average Bonchev–Trinajstić information content (AvgIpc) is 2.92. The van der Waals surface area contributed by atoms with Gasteiger partial charge in [0, 0.05) is 28.7 Å². The fraction of sp³-hybridized carbons (Fsp3) is 0.211. The summed E-state index contributed by atoms with van der Waals surface area (Å²) in [7, 11) is 0. The van der Waals surface area contributed by atoms with E-state index in [9.17, 15) is 9.18 Å². The van der Waals surface area contributed by atoms with Crippen LogP contribution >= 0.6 is 0 Å². The van der Waals surface area contributed by atoms with Crippen molar-refractivity contribution in [2.45, 2.75) is 19.9 Å². The number of carbonyl (C=O) groups is 1. The first-order chi connectivity index (χ1) is 11.1. The molecule has 1 N–H and O–H groups in total. The number of aryl methyl sites for hydroxylation is 1. The summed E-state index contributed by atoms with van der Waals surface area (Å²) in [5.74, 6) is -0.182. The van der Waals surface area contributed by atoms with Crippen LogP contribution in [-0.2, 0) is 13.0 Å². The molecule has 0 spiro atoms. The number of halogens is 1. The standard InChI is InChI=1S/C19H17FN2O/c1-12-2-4-13(5-3-12)19(23)22-9-8-15-16-10-14(20)6-7-17(16)21-18(15)11-22/h2-7,10,21H,8-9,11H2,1H3. The van der Waals surface area contributed by atoms with Crippen LogP contribution in [0.3, 0.4) is 0 Å². The summed E-state index contributed by atoms with van der Waals surface area (Å²) in [6, 6.07) is 12.4. The Balaban J connectivity index is 1.65. The van der Waals surface area contributed by atoms with Crippen LogP contribution in [0.1, 0.15) is 27.2 Å². The van der Waals surface area contributed by atoms with E-state index >= 15 is 0 Å². The molecule has 0 radical (unpaired) electrons. The van der Waals surface area contributed by atoms with E-state index < -0.39 is 0 Å². The quantitative estimate of drug-likeness (QED) is 0.729. The second kappa shape index (κ2) is 5.23. The largest absolute Gasteiger partial charge is 0.357 e. The monoisotopic (exact) mass is 308 g/mol. The molecule has 3 aromatic rings. The third kappa shape index (κ3) is 2.40. The predicted molar refractivity (Wildman–Crippen MR) is 87.9 cm³/mol. The molecule has 0 saturated heterocycles. The minimum absolute atomic E-state index is 0.0421. The molecular formula is C19H17FN2O. The van der Waals surface area contributed by atoms with Gasteiger partial charge in [0.2, 0.25) is 0 Å². The van der Waals surface area contributed by atoms with Crippen LogP contribution in [0.15, 0.2) is 42.5 Å². The van der Waals surface area contributed by atoms with Crippen molar-refractivity contribution in [3.8, 4) is 0 Å². The number of hydrogen-bond acceptors (Lipinski definition) is 1. The highest BCUT2D eigenvalue weighted by Crippen LogP contribution is 2.28. The number of aromatic amines is 1. The summed E-state index contributed by atoms with van der Waals surface area (Å²) in [6.45, 7) is 3.20. The predicted octanol–water partition coefficient (Wildman–Crippen LogP) is 3.81. The zero-order valence-electron chi connectivity index (χ0n) is 12.9. The van der Waals surface area contributed by atoms with E-state index in [1.807, 2.05) is 36.1 Å². The number of nitrogens with zero attached hydrogens (tertiary/aromatic N) is 1. The molecule has 0 aliphatic carbocycles. The van der Waals surface area contributed by atoms with E-state index in [0.717, 1.165) is 34.1 Å². The fourth-order valence-corrected chi connectivity index (χ4v) is 3.26. The van der Waals surface area contributed by atoms with E-state index in [1.54, 1.807) is 12.1 Å². The summed E-state index contributed by atoms with van der Waals surface area (Å²) in [6.07, 6.45) is 0.746. The average molecular weight is 308 g/mol.